The molecule has 3 N–H and O–H groups in total. The van der Waals surface area contributed by atoms with Crippen LogP contribution < -0.4 is 16.0 Å². The van der Waals surface area contributed by atoms with E-state index in [2.05, 4.69) is 20.4 Å². The molecule has 2 rings (SSSR count). The summed E-state index contributed by atoms with van der Waals surface area (Å²) in [5.41, 5.74) is 6.08. The second kappa shape index (κ2) is 7.28. The average Bonchev–Trinajstić information content (AvgIpc) is 2.55. The van der Waals surface area contributed by atoms with E-state index in [9.17, 15) is 4.79 Å². The molecule has 0 radical (unpaired) electrons. The van der Waals surface area contributed by atoms with Crippen molar-refractivity contribution in [2.75, 3.05) is 24.2 Å². The molecule has 2 heterocycles. The van der Waals surface area contributed by atoms with Gasteiger partial charge in [-0.2, -0.15) is 16.9 Å². The molecule has 0 bridgehead atoms. The highest BCUT2D eigenvalue weighted by Gasteiger charge is 2.33. The molecular formula is C15H25N5OS. The van der Waals surface area contributed by atoms with Crippen LogP contribution in [0, 0.1) is 0 Å². The molecule has 1 aromatic rings. The number of thioether (sulfide) groups is 1. The fourth-order valence-corrected chi connectivity index (χ4v) is 2.81. The quantitative estimate of drug-likeness (QED) is 0.842. The Bertz CT molecular complexity index is 488. The fraction of sp³-hybridized carbons (Fsp3) is 0.667. The molecule has 1 aliphatic heterocycles. The van der Waals surface area contributed by atoms with Gasteiger partial charge in [0.15, 0.2) is 5.82 Å². The summed E-state index contributed by atoms with van der Waals surface area (Å²) in [5, 5.41) is 11.1. The van der Waals surface area contributed by atoms with Gasteiger partial charge in [-0.1, -0.05) is 0 Å². The van der Waals surface area contributed by atoms with Crippen LogP contribution in [0.4, 0.5) is 5.82 Å². The lowest BCUT2D eigenvalue weighted by atomic mass is 10.0. The van der Waals surface area contributed by atoms with Gasteiger partial charge in [0, 0.05) is 30.1 Å². The Kier molecular flexibility index (Phi) is 5.63. The summed E-state index contributed by atoms with van der Waals surface area (Å²) < 4.78 is -0.260. The minimum atomic E-state index is -0.500. The van der Waals surface area contributed by atoms with Gasteiger partial charge in [0.25, 0.3) is 0 Å². The van der Waals surface area contributed by atoms with Gasteiger partial charge in [-0.3, -0.25) is 4.79 Å². The van der Waals surface area contributed by atoms with Gasteiger partial charge < -0.3 is 16.0 Å². The molecule has 7 heteroatoms. The lowest BCUT2D eigenvalue weighted by Crippen LogP contribution is -2.55. The van der Waals surface area contributed by atoms with Gasteiger partial charge in [-0.25, -0.2) is 0 Å². The first-order chi connectivity index (χ1) is 10.4. The molecular weight excluding hydrogens is 298 g/mol. The summed E-state index contributed by atoms with van der Waals surface area (Å²) >= 11 is 1.61. The monoisotopic (exact) mass is 323 g/mol. The van der Waals surface area contributed by atoms with E-state index in [-0.39, 0.29) is 16.7 Å². The van der Waals surface area contributed by atoms with Crippen molar-refractivity contribution in [3.8, 4) is 0 Å². The van der Waals surface area contributed by atoms with Crippen LogP contribution >= 0.6 is 11.8 Å². The number of nitrogens with zero attached hydrogens (tertiary/aromatic N) is 3. The van der Waals surface area contributed by atoms with E-state index in [1.54, 1.807) is 18.0 Å². The van der Waals surface area contributed by atoms with Gasteiger partial charge in [0.1, 0.15) is 0 Å². The van der Waals surface area contributed by atoms with E-state index in [1.807, 2.05) is 32.2 Å². The van der Waals surface area contributed by atoms with Crippen LogP contribution in [0.3, 0.4) is 0 Å². The first-order valence-corrected chi connectivity index (χ1v) is 8.80. The summed E-state index contributed by atoms with van der Waals surface area (Å²) in [6, 6.07) is 3.53. The Labute approximate surface area is 136 Å². The zero-order valence-electron chi connectivity index (χ0n) is 13.5. The smallest absolute Gasteiger partial charge is 0.238 e. The summed E-state index contributed by atoms with van der Waals surface area (Å²) in [4.78, 5) is 14.5. The van der Waals surface area contributed by atoms with E-state index in [1.165, 1.54) is 0 Å². The molecule has 0 saturated carbocycles. The van der Waals surface area contributed by atoms with Crippen molar-refractivity contribution in [3.63, 3.8) is 0 Å². The summed E-state index contributed by atoms with van der Waals surface area (Å²) in [6.07, 6.45) is 5.45. The minimum Gasteiger partial charge on any atom is -0.355 e. The summed E-state index contributed by atoms with van der Waals surface area (Å²) in [6.45, 7) is 5.73. The van der Waals surface area contributed by atoms with Crippen molar-refractivity contribution in [2.24, 2.45) is 5.73 Å². The van der Waals surface area contributed by atoms with E-state index in [0.29, 0.717) is 0 Å². The second-order valence-electron chi connectivity index (χ2n) is 6.14. The molecule has 0 spiro atoms. The van der Waals surface area contributed by atoms with Crippen LogP contribution in [0.2, 0.25) is 0 Å². The number of amides is 1. The number of piperidine rings is 1. The van der Waals surface area contributed by atoms with Crippen LogP contribution in [-0.4, -0.2) is 52.3 Å². The van der Waals surface area contributed by atoms with Gasteiger partial charge >= 0.3 is 0 Å². The normalized spacial score (nSPS) is 18.1. The third-order valence-electron chi connectivity index (χ3n) is 4.28. The highest BCUT2D eigenvalue weighted by atomic mass is 32.2. The minimum absolute atomic E-state index is 0.0581. The van der Waals surface area contributed by atoms with Crippen LogP contribution in [0.1, 0.15) is 26.7 Å². The third-order valence-corrected chi connectivity index (χ3v) is 5.59. The maximum atomic E-state index is 12.3. The number of hydrogen-bond donors (Lipinski definition) is 2. The molecule has 122 valence electrons. The maximum Gasteiger partial charge on any atom is 0.238 e. The lowest BCUT2D eigenvalue weighted by molar-refractivity contribution is -0.123. The Morgan fingerprint density at radius 3 is 2.73 bits per heavy atom. The number of hydrogen-bond acceptors (Lipinski definition) is 6. The Balaban J connectivity index is 1.84. The Morgan fingerprint density at radius 2 is 2.18 bits per heavy atom. The van der Waals surface area contributed by atoms with E-state index in [4.69, 9.17) is 5.73 Å². The molecule has 1 aromatic heterocycles. The SMILES string of the molecule is CSC(C)(C)[C@H](N)C(=O)NC1CCN(c2cccnn2)CC1. The van der Waals surface area contributed by atoms with Crippen LogP contribution in [0.25, 0.3) is 0 Å². The van der Waals surface area contributed by atoms with Gasteiger partial charge in [0.2, 0.25) is 5.91 Å². The van der Waals surface area contributed by atoms with E-state index in [0.717, 1.165) is 31.7 Å². The molecule has 1 amide bonds. The first kappa shape index (κ1) is 17.0. The summed E-state index contributed by atoms with van der Waals surface area (Å²) in [7, 11) is 0. The molecule has 22 heavy (non-hydrogen) atoms. The van der Waals surface area contributed by atoms with Gasteiger partial charge in [-0.15, -0.1) is 5.10 Å². The molecule has 0 unspecified atom stereocenters. The van der Waals surface area contributed by atoms with Gasteiger partial charge in [-0.05, 0) is 45.1 Å². The largest absolute Gasteiger partial charge is 0.355 e. The number of carbonyl (C=O) groups is 1. The van der Waals surface area contributed by atoms with Crippen LogP contribution in [0.5, 0.6) is 0 Å². The number of nitrogens with one attached hydrogen (secondary N) is 1. The number of nitrogens with two attached hydrogens (primary N) is 1. The van der Waals surface area contributed by atoms with Crippen molar-refractivity contribution in [1.82, 2.24) is 15.5 Å². The van der Waals surface area contributed by atoms with Crippen molar-refractivity contribution < 1.29 is 4.79 Å². The number of aromatic nitrogens is 2. The maximum absolute atomic E-state index is 12.3. The van der Waals surface area contributed by atoms with Crippen molar-refractivity contribution >= 4 is 23.5 Å². The molecule has 1 fully saturated rings. The van der Waals surface area contributed by atoms with E-state index < -0.39 is 6.04 Å². The second-order valence-corrected chi connectivity index (χ2v) is 7.60. The topological polar surface area (TPSA) is 84.1 Å². The average molecular weight is 323 g/mol. The predicted octanol–water partition coefficient (Wildman–Crippen LogP) is 1.03. The van der Waals surface area contributed by atoms with Crippen molar-refractivity contribution in [2.45, 2.75) is 43.5 Å². The predicted molar refractivity (Wildman–Crippen MR) is 91.0 cm³/mol. The number of anilines is 1. The van der Waals surface area contributed by atoms with Crippen LogP contribution in [-0.2, 0) is 4.79 Å². The molecule has 1 atom stereocenters. The zero-order valence-corrected chi connectivity index (χ0v) is 14.3. The van der Waals surface area contributed by atoms with E-state index >= 15 is 0 Å². The molecule has 1 aliphatic rings. The molecule has 0 aromatic carbocycles. The van der Waals surface area contributed by atoms with Crippen molar-refractivity contribution in [3.05, 3.63) is 18.3 Å². The third kappa shape index (κ3) is 4.10. The lowest BCUT2D eigenvalue weighted by Gasteiger charge is -2.35. The zero-order chi connectivity index (χ0) is 16.2. The van der Waals surface area contributed by atoms with Crippen LogP contribution in [0.15, 0.2) is 18.3 Å². The fourth-order valence-electron chi connectivity index (χ4n) is 2.45. The first-order valence-electron chi connectivity index (χ1n) is 7.58. The highest BCUT2D eigenvalue weighted by Crippen LogP contribution is 2.25. The molecule has 6 nitrogen and oxygen atoms in total. The summed E-state index contributed by atoms with van der Waals surface area (Å²) in [5.74, 6) is 0.838. The Morgan fingerprint density at radius 1 is 1.50 bits per heavy atom. The number of carbonyl (C=O) groups excluding carboxylic acids is 1. The Hall–Kier alpha value is -1.34. The number of rotatable bonds is 5. The highest BCUT2D eigenvalue weighted by molar-refractivity contribution is 8.00. The van der Waals surface area contributed by atoms with Crippen molar-refractivity contribution in [1.29, 1.82) is 0 Å². The molecule has 1 saturated heterocycles. The van der Waals surface area contributed by atoms with Gasteiger partial charge in [0.05, 0.1) is 6.04 Å². The standard InChI is InChI=1S/C15H25N5OS/c1-15(2,22-3)13(16)14(21)18-11-6-9-20(10-7-11)12-5-4-8-17-19-12/h4-5,8,11,13H,6-7,9-10,16H2,1-3H3,(H,18,21)/t13-/m1/s1. The molecule has 0 aliphatic carbocycles.